The molecule has 0 aromatic rings. The summed E-state index contributed by atoms with van der Waals surface area (Å²) < 4.78 is 14.4. The molecular weight excluding hydrogens is 134 g/mol. The molecule has 0 aliphatic rings. The van der Waals surface area contributed by atoms with Crippen molar-refractivity contribution in [2.75, 3.05) is 6.61 Å². The Morgan fingerprint density at radius 3 is 2.43 bits per heavy atom. The molecule has 0 aliphatic heterocycles. The lowest BCUT2D eigenvalue weighted by Crippen LogP contribution is -1.78. The lowest BCUT2D eigenvalue weighted by molar-refractivity contribution is 0.291. The third kappa shape index (κ3) is 6.58. The summed E-state index contributed by atoms with van der Waals surface area (Å²) in [7, 11) is -1.52. The maximum absolute atomic E-state index is 10.1. The molecule has 3 nitrogen and oxygen atoms in total. The molecule has 1 N–H and O–H groups in total. The van der Waals surface area contributed by atoms with E-state index in [0.717, 1.165) is 0 Å². The summed E-state index contributed by atoms with van der Waals surface area (Å²) in [5, 5.41) is 0. The van der Waals surface area contributed by atoms with Crippen LogP contribution in [0.1, 0.15) is 6.92 Å². The third-order valence-electron chi connectivity index (χ3n) is 0.314. The van der Waals surface area contributed by atoms with E-state index in [0.29, 0.717) is 0 Å². The van der Waals surface area contributed by atoms with Gasteiger partial charge in [0.05, 0.1) is 6.61 Å². The van der Waals surface area contributed by atoms with Crippen LogP contribution in [0, 0.1) is 0 Å². The summed E-state index contributed by atoms with van der Waals surface area (Å²) in [5.74, 6) is 0. The molecule has 0 amide bonds. The minimum Gasteiger partial charge on any atom is -0.322 e. The van der Waals surface area contributed by atoms with Crippen molar-refractivity contribution >= 4 is 16.2 Å². The number of hydrogen-bond donors (Lipinski definition) is 1. The Hall–Kier alpha value is 0.580. The summed E-state index contributed by atoms with van der Waals surface area (Å²) in [5.41, 5.74) is 0. The second-order valence-electron chi connectivity index (χ2n) is 0.982. The van der Waals surface area contributed by atoms with E-state index >= 15 is 0 Å². The topological polar surface area (TPSA) is 46.5 Å². The van der Waals surface area contributed by atoms with Gasteiger partial charge in [0.15, 0.2) is 0 Å². The van der Waals surface area contributed by atoms with Crippen LogP contribution in [0.5, 0.6) is 0 Å². The summed E-state index contributed by atoms with van der Waals surface area (Å²) in [4.78, 5) is 8.31. The predicted octanol–water partition coefficient (Wildman–Crippen LogP) is 0.998. The number of hydrogen-bond acceptors (Lipinski definition) is 2. The first-order chi connectivity index (χ1) is 3.06. The molecule has 5 heteroatoms. The van der Waals surface area contributed by atoms with E-state index in [1.165, 1.54) is 0 Å². The highest BCUT2D eigenvalue weighted by Gasteiger charge is 2.05. The predicted molar refractivity (Wildman–Crippen MR) is 31.2 cm³/mol. The summed E-state index contributed by atoms with van der Waals surface area (Å²) in [6, 6.07) is 0. The lowest BCUT2D eigenvalue weighted by Gasteiger charge is -2.00. The molecule has 0 heterocycles. The van der Waals surface area contributed by atoms with Crippen molar-refractivity contribution in [1.82, 2.24) is 0 Å². The zero-order chi connectivity index (χ0) is 5.91. The van der Waals surface area contributed by atoms with Crippen LogP contribution in [0.15, 0.2) is 0 Å². The summed E-state index contributed by atoms with van der Waals surface area (Å²) >= 11 is 0. The normalized spacial score (nSPS) is 18.7. The molecule has 0 fully saturated rings. The van der Waals surface area contributed by atoms with E-state index in [1.807, 2.05) is 0 Å². The van der Waals surface area contributed by atoms with Gasteiger partial charge in [-0.25, -0.2) is 0 Å². The minimum absolute atomic E-state index is 0.275. The second kappa shape index (κ2) is 2.78. The highest BCUT2D eigenvalue weighted by molar-refractivity contribution is 8.11. The molecule has 0 bridgehead atoms. The van der Waals surface area contributed by atoms with E-state index in [-0.39, 0.29) is 6.61 Å². The summed E-state index contributed by atoms with van der Waals surface area (Å²) in [6.45, 7) is 1.93. The molecule has 0 aromatic heterocycles. The summed E-state index contributed by atoms with van der Waals surface area (Å²) in [6.07, 6.45) is 0. The average Bonchev–Trinajstić information content (AvgIpc) is 1.30. The molecule has 44 valence electrons. The molecule has 2 atom stereocenters. The van der Waals surface area contributed by atoms with Gasteiger partial charge in [-0.2, -0.15) is 0 Å². The standard InChI is InChI=1S/C2H8O3P2/c1-2-5-7(3,4)6/h2,6H2,1H3,(H,3,4). The van der Waals surface area contributed by atoms with Crippen molar-refractivity contribution in [3.05, 3.63) is 0 Å². The van der Waals surface area contributed by atoms with Gasteiger partial charge in [0.1, 0.15) is 0 Å². The molecular formula is C2H8O3P2. The monoisotopic (exact) mass is 142 g/mol. The van der Waals surface area contributed by atoms with Crippen LogP contribution < -0.4 is 0 Å². The Bertz CT molecular complexity index is 84.9. The quantitative estimate of drug-likeness (QED) is 0.585. The number of rotatable bonds is 2. The lowest BCUT2D eigenvalue weighted by atomic mass is 10.9. The van der Waals surface area contributed by atoms with Crippen LogP contribution in [0.3, 0.4) is 0 Å². The molecule has 0 radical (unpaired) electrons. The van der Waals surface area contributed by atoms with Crippen molar-refractivity contribution in [2.24, 2.45) is 0 Å². The minimum atomic E-state index is -3.25. The highest BCUT2D eigenvalue weighted by atomic mass is 32.1. The van der Waals surface area contributed by atoms with Gasteiger partial charge < -0.3 is 9.42 Å². The second-order valence-corrected chi connectivity index (χ2v) is 4.33. The first-order valence-electron chi connectivity index (χ1n) is 1.82. The van der Waals surface area contributed by atoms with Gasteiger partial charge in [0.2, 0.25) is 0 Å². The van der Waals surface area contributed by atoms with Gasteiger partial charge in [-0.3, -0.25) is 4.57 Å². The largest absolute Gasteiger partial charge is 0.340 e. The smallest absolute Gasteiger partial charge is 0.322 e. The van der Waals surface area contributed by atoms with E-state index < -0.39 is 7.28 Å². The Morgan fingerprint density at radius 2 is 2.43 bits per heavy atom. The van der Waals surface area contributed by atoms with Gasteiger partial charge in [0, 0.05) is 0 Å². The van der Waals surface area contributed by atoms with Crippen LogP contribution in [0.25, 0.3) is 0 Å². The zero-order valence-electron chi connectivity index (χ0n) is 4.00. The van der Waals surface area contributed by atoms with E-state index in [2.05, 4.69) is 4.52 Å². The molecule has 0 aliphatic carbocycles. The average molecular weight is 142 g/mol. The Balaban J connectivity index is 3.36. The van der Waals surface area contributed by atoms with Gasteiger partial charge in [-0.1, -0.05) is 0 Å². The fraction of sp³-hybridized carbons (Fsp3) is 1.00. The van der Waals surface area contributed by atoms with E-state index in [4.69, 9.17) is 4.89 Å². The van der Waals surface area contributed by atoms with E-state index in [9.17, 15) is 4.57 Å². The van der Waals surface area contributed by atoms with Crippen molar-refractivity contribution in [3.8, 4) is 0 Å². The molecule has 0 saturated heterocycles. The first kappa shape index (κ1) is 7.58. The molecule has 0 aromatic carbocycles. The van der Waals surface area contributed by atoms with Gasteiger partial charge in [-0.05, 0) is 15.9 Å². The van der Waals surface area contributed by atoms with Crippen LogP contribution in [-0.4, -0.2) is 11.5 Å². The van der Waals surface area contributed by atoms with Crippen LogP contribution in [-0.2, 0) is 9.09 Å². The van der Waals surface area contributed by atoms with Crippen LogP contribution in [0.4, 0.5) is 0 Å². The van der Waals surface area contributed by atoms with Crippen molar-refractivity contribution < 1.29 is 14.0 Å². The van der Waals surface area contributed by atoms with Crippen LogP contribution >= 0.6 is 16.2 Å². The van der Waals surface area contributed by atoms with Gasteiger partial charge >= 0.3 is 7.28 Å². The van der Waals surface area contributed by atoms with Crippen molar-refractivity contribution in [1.29, 1.82) is 0 Å². The zero-order valence-corrected chi connectivity index (χ0v) is 6.04. The molecule has 0 spiro atoms. The molecule has 7 heavy (non-hydrogen) atoms. The highest BCUT2D eigenvalue weighted by Crippen LogP contribution is 2.50. The van der Waals surface area contributed by atoms with Crippen molar-refractivity contribution in [3.63, 3.8) is 0 Å². The van der Waals surface area contributed by atoms with Gasteiger partial charge in [-0.15, -0.1) is 0 Å². The fourth-order valence-corrected chi connectivity index (χ4v) is 1.00. The van der Waals surface area contributed by atoms with Crippen molar-refractivity contribution in [2.45, 2.75) is 6.92 Å². The first-order valence-corrected chi connectivity index (χ1v) is 5.02. The Labute approximate surface area is 44.7 Å². The Morgan fingerprint density at radius 1 is 2.00 bits per heavy atom. The third-order valence-corrected chi connectivity index (χ3v) is 1.39. The molecule has 2 unspecified atom stereocenters. The SMILES string of the molecule is CCOP(=O)(O)P. The molecule has 0 rings (SSSR count). The maximum Gasteiger partial charge on any atom is 0.340 e. The Kier molecular flexibility index (Phi) is 3.01. The van der Waals surface area contributed by atoms with Gasteiger partial charge in [0.25, 0.3) is 0 Å². The fourth-order valence-electron chi connectivity index (χ4n) is 0.185. The van der Waals surface area contributed by atoms with Crippen LogP contribution in [0.2, 0.25) is 0 Å². The molecule has 0 saturated carbocycles. The van der Waals surface area contributed by atoms with E-state index in [1.54, 1.807) is 15.9 Å². The maximum atomic E-state index is 10.1.